The number of hydrogen-bond acceptors (Lipinski definition) is 7. The van der Waals surface area contributed by atoms with Crippen LogP contribution in [0.4, 0.5) is 0 Å². The lowest BCUT2D eigenvalue weighted by Gasteiger charge is -2.15. The second kappa shape index (κ2) is 29.6. The molecule has 0 rings (SSSR count). The molecule has 2 atom stereocenters. The first-order valence-corrected chi connectivity index (χ1v) is 17.8. The van der Waals surface area contributed by atoms with E-state index in [4.69, 9.17) is 13.8 Å². The Balaban J connectivity index is 3.57. The number of carbonyl (C=O) groups is 2. The van der Waals surface area contributed by atoms with Crippen molar-refractivity contribution in [1.82, 2.24) is 5.32 Å². The summed E-state index contributed by atoms with van der Waals surface area (Å²) in [5.74, 6) is -0.559. The summed E-state index contributed by atoms with van der Waals surface area (Å²) in [6.45, 7) is 3.25. The molecule has 0 heterocycles. The number of hydrogen-bond donors (Lipinski definition) is 3. The van der Waals surface area contributed by atoms with E-state index in [1.165, 1.54) is 70.6 Å². The van der Waals surface area contributed by atoms with Crippen LogP contribution in [0.15, 0.2) is 24.3 Å². The van der Waals surface area contributed by atoms with Gasteiger partial charge in [-0.2, -0.15) is 0 Å². The number of nitrogens with one attached hydrogen (secondary N) is 1. The lowest BCUT2D eigenvalue weighted by Crippen LogP contribution is -2.27. The quantitative estimate of drug-likeness (QED) is 0.0323. The molecule has 0 saturated carbocycles. The molecule has 0 fully saturated rings. The van der Waals surface area contributed by atoms with Crippen molar-refractivity contribution >= 4 is 19.7 Å². The summed E-state index contributed by atoms with van der Waals surface area (Å²) < 4.78 is 26.4. The zero-order chi connectivity index (χ0) is 31.2. The summed E-state index contributed by atoms with van der Waals surface area (Å²) in [4.78, 5) is 33.0. The maximum Gasteiger partial charge on any atom is 0.472 e. The van der Waals surface area contributed by atoms with Crippen LogP contribution < -0.4 is 5.32 Å². The minimum absolute atomic E-state index is 0.0759. The first kappa shape index (κ1) is 40.5. The first-order valence-electron chi connectivity index (χ1n) is 16.3. The smallest absolute Gasteiger partial charge is 0.463 e. The van der Waals surface area contributed by atoms with Gasteiger partial charge < -0.3 is 20.1 Å². The number of phosphoric acid groups is 1. The molecule has 0 aromatic carbocycles. The normalized spacial score (nSPS) is 13.9. The van der Waals surface area contributed by atoms with Gasteiger partial charge in [0.25, 0.3) is 0 Å². The van der Waals surface area contributed by atoms with E-state index in [1.807, 2.05) is 6.92 Å². The van der Waals surface area contributed by atoms with E-state index in [0.29, 0.717) is 6.42 Å². The molecule has 246 valence electrons. The lowest BCUT2D eigenvalue weighted by atomic mass is 10.1. The predicted molar refractivity (Wildman–Crippen MR) is 169 cm³/mol. The first-order chi connectivity index (χ1) is 20.3. The van der Waals surface area contributed by atoms with Crippen molar-refractivity contribution in [3.63, 3.8) is 0 Å². The number of ether oxygens (including phenoxy) is 1. The molecule has 0 spiro atoms. The molecule has 42 heavy (non-hydrogen) atoms. The Morgan fingerprint density at radius 1 is 0.738 bits per heavy atom. The van der Waals surface area contributed by atoms with Gasteiger partial charge >= 0.3 is 13.8 Å². The number of amides is 1. The Morgan fingerprint density at radius 2 is 1.31 bits per heavy atom. The van der Waals surface area contributed by atoms with Crippen LogP contribution in [-0.2, 0) is 27.9 Å². The van der Waals surface area contributed by atoms with Crippen molar-refractivity contribution < 1.29 is 37.9 Å². The maximum atomic E-state index is 11.9. The molecule has 0 aliphatic carbocycles. The van der Waals surface area contributed by atoms with Crippen molar-refractivity contribution in [1.29, 1.82) is 0 Å². The van der Waals surface area contributed by atoms with Crippen LogP contribution in [0.1, 0.15) is 136 Å². The number of unbranched alkanes of at least 4 members (excludes halogenated alkanes) is 13. The van der Waals surface area contributed by atoms with Crippen LogP contribution in [0.5, 0.6) is 0 Å². The van der Waals surface area contributed by atoms with Gasteiger partial charge in [-0.05, 0) is 44.9 Å². The van der Waals surface area contributed by atoms with Gasteiger partial charge in [-0.25, -0.2) is 4.57 Å². The number of aliphatic hydroxyl groups excluding tert-OH is 1. The highest BCUT2D eigenvalue weighted by atomic mass is 31.2. The fourth-order valence-corrected chi connectivity index (χ4v) is 4.85. The topological polar surface area (TPSA) is 131 Å². The van der Waals surface area contributed by atoms with Crippen LogP contribution in [-0.4, -0.2) is 54.3 Å². The highest BCUT2D eigenvalue weighted by Gasteiger charge is 2.23. The molecular formula is C32H60NO8P. The molecule has 0 aromatic heterocycles. The van der Waals surface area contributed by atoms with Crippen LogP contribution in [0.3, 0.4) is 0 Å². The molecule has 1 amide bonds. The van der Waals surface area contributed by atoms with Crippen molar-refractivity contribution in [2.45, 2.75) is 142 Å². The third kappa shape index (κ3) is 30.0. The number of esters is 1. The van der Waals surface area contributed by atoms with Gasteiger partial charge in [0.1, 0.15) is 12.7 Å². The molecule has 0 aliphatic heterocycles. The largest absolute Gasteiger partial charge is 0.472 e. The van der Waals surface area contributed by atoms with E-state index in [-0.39, 0.29) is 32.1 Å². The van der Waals surface area contributed by atoms with Crippen molar-refractivity contribution in [3.05, 3.63) is 24.3 Å². The summed E-state index contributed by atoms with van der Waals surface area (Å²) in [5, 5.41) is 12.4. The average Bonchev–Trinajstić information content (AvgIpc) is 2.97. The molecule has 0 aromatic rings. The monoisotopic (exact) mass is 617 g/mol. The lowest BCUT2D eigenvalue weighted by molar-refractivity contribution is -0.147. The Labute approximate surface area is 255 Å². The third-order valence-corrected chi connectivity index (χ3v) is 7.62. The molecule has 0 aliphatic rings. The highest BCUT2D eigenvalue weighted by Crippen LogP contribution is 2.42. The zero-order valence-corrected chi connectivity index (χ0v) is 27.3. The van der Waals surface area contributed by atoms with Crippen LogP contribution >= 0.6 is 7.82 Å². The molecule has 0 saturated heterocycles. The predicted octanol–water partition coefficient (Wildman–Crippen LogP) is 7.70. The highest BCUT2D eigenvalue weighted by molar-refractivity contribution is 7.47. The van der Waals surface area contributed by atoms with E-state index < -0.39 is 26.5 Å². The van der Waals surface area contributed by atoms with Crippen LogP contribution in [0, 0.1) is 0 Å². The van der Waals surface area contributed by atoms with E-state index in [0.717, 1.165) is 38.5 Å². The van der Waals surface area contributed by atoms with Crippen molar-refractivity contribution in [2.24, 2.45) is 0 Å². The molecule has 0 bridgehead atoms. The zero-order valence-electron chi connectivity index (χ0n) is 26.4. The van der Waals surface area contributed by atoms with Gasteiger partial charge in [-0.3, -0.25) is 18.6 Å². The number of carbonyl (C=O) groups excluding carboxylic acids is 2. The second-order valence-corrected chi connectivity index (χ2v) is 12.2. The minimum atomic E-state index is -4.38. The fourth-order valence-electron chi connectivity index (χ4n) is 4.09. The van der Waals surface area contributed by atoms with Crippen LogP contribution in [0.25, 0.3) is 0 Å². The van der Waals surface area contributed by atoms with Gasteiger partial charge in [0.05, 0.1) is 13.2 Å². The maximum absolute atomic E-state index is 11.9. The van der Waals surface area contributed by atoms with Gasteiger partial charge in [-0.15, -0.1) is 0 Å². The van der Waals surface area contributed by atoms with Gasteiger partial charge in [0.15, 0.2) is 0 Å². The molecule has 2 unspecified atom stereocenters. The van der Waals surface area contributed by atoms with E-state index >= 15 is 0 Å². The van der Waals surface area contributed by atoms with Gasteiger partial charge in [0.2, 0.25) is 5.91 Å². The Hall–Kier alpha value is -1.51. The van der Waals surface area contributed by atoms with Crippen molar-refractivity contribution in [3.8, 4) is 0 Å². The van der Waals surface area contributed by atoms with E-state index in [9.17, 15) is 24.2 Å². The molecule has 0 radical (unpaired) electrons. The molecule has 3 N–H and O–H groups in total. The molecule has 10 heteroatoms. The Kier molecular flexibility index (Phi) is 28.5. The Bertz CT molecular complexity index is 759. The number of aliphatic hydroxyl groups is 1. The second-order valence-electron chi connectivity index (χ2n) is 10.8. The van der Waals surface area contributed by atoms with Crippen LogP contribution in [0.2, 0.25) is 0 Å². The summed E-state index contributed by atoms with van der Waals surface area (Å²) in [7, 11) is -4.38. The number of rotatable bonds is 30. The number of allylic oxidation sites excluding steroid dienone is 4. The SMILES string of the molecule is CCCCC/C=C\C/C=C\CCCCCCCCCCCC(=O)OCC(O)COP(=O)(O)OCCNC(=O)CCCC. The van der Waals surface area contributed by atoms with Gasteiger partial charge in [0, 0.05) is 19.4 Å². The fraction of sp³-hybridized carbons (Fsp3) is 0.812. The Morgan fingerprint density at radius 3 is 1.93 bits per heavy atom. The van der Waals surface area contributed by atoms with E-state index in [1.54, 1.807) is 0 Å². The van der Waals surface area contributed by atoms with E-state index in [2.05, 4.69) is 36.5 Å². The average molecular weight is 618 g/mol. The summed E-state index contributed by atoms with van der Waals surface area (Å²) in [5.41, 5.74) is 0. The summed E-state index contributed by atoms with van der Waals surface area (Å²) in [6.07, 6.45) is 27.8. The van der Waals surface area contributed by atoms with Gasteiger partial charge in [-0.1, -0.05) is 102 Å². The van der Waals surface area contributed by atoms with Crippen molar-refractivity contribution in [2.75, 3.05) is 26.4 Å². The standard InChI is InChI=1S/C32H60NO8P/c1-3-5-7-8-9-10-11-12-13-14-15-16-17-18-19-20-21-22-23-25-32(36)39-28-30(34)29-41-42(37,38)40-27-26-33-31(35)24-6-4-2/h9-10,12-13,30,34H,3-8,11,14-29H2,1-2H3,(H,33,35)(H,37,38)/b10-9-,13-12-. The molecule has 9 nitrogen and oxygen atoms in total. The number of phosphoric ester groups is 1. The minimum Gasteiger partial charge on any atom is -0.463 e. The summed E-state index contributed by atoms with van der Waals surface area (Å²) in [6, 6.07) is 0. The summed E-state index contributed by atoms with van der Waals surface area (Å²) >= 11 is 0. The molecular weight excluding hydrogens is 557 g/mol. The third-order valence-electron chi connectivity index (χ3n) is 6.63.